The molecule has 1 atom stereocenters. The molecule has 32 heavy (non-hydrogen) atoms. The molecule has 1 aromatic heterocycles. The minimum Gasteiger partial charge on any atom is -0.507 e. The van der Waals surface area contributed by atoms with Gasteiger partial charge in [-0.2, -0.15) is 0 Å². The number of carbonyl (C=O) groups is 2. The van der Waals surface area contributed by atoms with Crippen LogP contribution < -0.4 is 4.74 Å². The number of rotatable bonds is 5. The number of ether oxygens (including phenoxy) is 1. The van der Waals surface area contributed by atoms with E-state index in [2.05, 4.69) is 0 Å². The highest BCUT2D eigenvalue weighted by atomic mass is 35.5. The van der Waals surface area contributed by atoms with E-state index in [-0.39, 0.29) is 22.9 Å². The highest BCUT2D eigenvalue weighted by Crippen LogP contribution is 2.43. The zero-order valence-corrected chi connectivity index (χ0v) is 18.8. The van der Waals surface area contributed by atoms with Crippen molar-refractivity contribution in [3.05, 3.63) is 91.9 Å². The third-order valence-corrected chi connectivity index (χ3v) is 6.75. The van der Waals surface area contributed by atoms with Crippen molar-refractivity contribution in [1.29, 1.82) is 0 Å². The molecule has 8 heteroatoms. The molecule has 1 aliphatic heterocycles. The number of halogens is 2. The van der Waals surface area contributed by atoms with E-state index in [4.69, 9.17) is 16.3 Å². The van der Waals surface area contributed by atoms with Gasteiger partial charge in [0.1, 0.15) is 23.4 Å². The van der Waals surface area contributed by atoms with E-state index in [1.165, 1.54) is 41.5 Å². The number of hydrogen-bond donors (Lipinski definition) is 1. The van der Waals surface area contributed by atoms with Crippen molar-refractivity contribution in [3.63, 3.8) is 0 Å². The second kappa shape index (κ2) is 8.76. The Labute approximate surface area is 193 Å². The predicted octanol–water partition coefficient (Wildman–Crippen LogP) is 5.48. The van der Waals surface area contributed by atoms with Crippen molar-refractivity contribution < 1.29 is 23.8 Å². The number of aliphatic hydroxyl groups excluding tert-OH is 1. The van der Waals surface area contributed by atoms with Crippen molar-refractivity contribution in [2.75, 3.05) is 7.11 Å². The minimum atomic E-state index is -0.783. The van der Waals surface area contributed by atoms with Crippen LogP contribution in [-0.2, 0) is 16.1 Å². The van der Waals surface area contributed by atoms with E-state index >= 15 is 0 Å². The highest BCUT2D eigenvalue weighted by Gasteiger charge is 2.47. The van der Waals surface area contributed by atoms with Gasteiger partial charge in [-0.25, -0.2) is 4.39 Å². The molecule has 4 rings (SSSR count). The van der Waals surface area contributed by atoms with Gasteiger partial charge in [-0.05, 0) is 59.8 Å². The van der Waals surface area contributed by atoms with Gasteiger partial charge in [0.05, 0.1) is 17.7 Å². The van der Waals surface area contributed by atoms with Crippen LogP contribution in [0.15, 0.2) is 59.5 Å². The first-order valence-corrected chi connectivity index (χ1v) is 11.0. The Kier molecular flexibility index (Phi) is 6.04. The number of thiophene rings is 1. The molecule has 0 spiro atoms. The number of aliphatic hydroxyl groups is 1. The zero-order chi connectivity index (χ0) is 23.0. The molecule has 0 aliphatic carbocycles. The van der Waals surface area contributed by atoms with E-state index in [1.807, 2.05) is 18.4 Å². The molecule has 0 bridgehead atoms. The van der Waals surface area contributed by atoms with Crippen LogP contribution in [0.4, 0.5) is 4.39 Å². The van der Waals surface area contributed by atoms with Gasteiger partial charge in [0.25, 0.3) is 11.7 Å². The van der Waals surface area contributed by atoms with Crippen LogP contribution in [0.5, 0.6) is 5.75 Å². The average Bonchev–Trinajstić information content (AvgIpc) is 3.30. The maximum absolute atomic E-state index is 13.3. The van der Waals surface area contributed by atoms with Gasteiger partial charge in [-0.15, -0.1) is 11.3 Å². The Morgan fingerprint density at radius 2 is 1.91 bits per heavy atom. The molecule has 1 amide bonds. The standard InChI is InChI=1S/C24H19ClFNO4S/c1-13-9-10-32-23(13)20-19(21(28)15-5-8-18(31-2)17(25)11-15)22(29)24(30)27(20)12-14-3-6-16(26)7-4-14/h3-11,20,28H,12H2,1-2H3/b21-19-. The first kappa shape index (κ1) is 22.0. The van der Waals surface area contributed by atoms with Crippen molar-refractivity contribution in [1.82, 2.24) is 4.90 Å². The fourth-order valence-corrected chi connectivity index (χ4v) is 5.04. The van der Waals surface area contributed by atoms with Crippen LogP contribution in [0.25, 0.3) is 5.76 Å². The maximum atomic E-state index is 13.3. The number of ketones is 1. The minimum absolute atomic E-state index is 0.0103. The molecule has 2 heterocycles. The fourth-order valence-electron chi connectivity index (χ4n) is 3.74. The second-order valence-electron chi connectivity index (χ2n) is 7.37. The molecular formula is C24H19ClFNO4S. The van der Waals surface area contributed by atoms with E-state index in [0.717, 1.165) is 10.4 Å². The molecular weight excluding hydrogens is 453 g/mol. The van der Waals surface area contributed by atoms with Gasteiger partial charge in [-0.1, -0.05) is 23.7 Å². The third kappa shape index (κ3) is 3.89. The lowest BCUT2D eigenvalue weighted by Gasteiger charge is -2.25. The summed E-state index contributed by atoms with van der Waals surface area (Å²) in [5.74, 6) is -1.79. The lowest BCUT2D eigenvalue weighted by Crippen LogP contribution is -2.29. The summed E-state index contributed by atoms with van der Waals surface area (Å²) in [5.41, 5.74) is 1.85. The third-order valence-electron chi connectivity index (χ3n) is 5.38. The Balaban J connectivity index is 1.85. The smallest absolute Gasteiger partial charge is 0.295 e. The molecule has 3 aromatic rings. The number of aryl methyl sites for hydroxylation is 1. The van der Waals surface area contributed by atoms with Gasteiger partial charge in [-0.3, -0.25) is 9.59 Å². The zero-order valence-electron chi connectivity index (χ0n) is 17.3. The molecule has 0 saturated carbocycles. The van der Waals surface area contributed by atoms with E-state index in [9.17, 15) is 19.1 Å². The van der Waals surface area contributed by atoms with Crippen LogP contribution >= 0.6 is 22.9 Å². The quantitative estimate of drug-likeness (QED) is 0.304. The van der Waals surface area contributed by atoms with Gasteiger partial charge in [0.2, 0.25) is 0 Å². The largest absolute Gasteiger partial charge is 0.507 e. The molecule has 0 radical (unpaired) electrons. The van der Waals surface area contributed by atoms with Gasteiger partial charge >= 0.3 is 0 Å². The van der Waals surface area contributed by atoms with E-state index in [1.54, 1.807) is 24.3 Å². The van der Waals surface area contributed by atoms with E-state index in [0.29, 0.717) is 16.9 Å². The van der Waals surface area contributed by atoms with Crippen LogP contribution in [-0.4, -0.2) is 28.8 Å². The Hall–Kier alpha value is -3.16. The summed E-state index contributed by atoms with van der Waals surface area (Å²) in [6.07, 6.45) is 0. The Bertz CT molecular complexity index is 1240. The van der Waals surface area contributed by atoms with Crippen molar-refractivity contribution >= 4 is 40.4 Å². The van der Waals surface area contributed by atoms with Crippen LogP contribution in [0, 0.1) is 12.7 Å². The molecule has 1 unspecified atom stereocenters. The second-order valence-corrected chi connectivity index (χ2v) is 8.73. The molecule has 1 aliphatic rings. The van der Waals surface area contributed by atoms with Crippen LogP contribution in [0.3, 0.4) is 0 Å². The number of methoxy groups -OCH3 is 1. The van der Waals surface area contributed by atoms with Crippen molar-refractivity contribution in [2.24, 2.45) is 0 Å². The lowest BCUT2D eigenvalue weighted by molar-refractivity contribution is -0.140. The molecule has 2 aromatic carbocycles. The van der Waals surface area contributed by atoms with E-state index < -0.39 is 23.5 Å². The molecule has 5 nitrogen and oxygen atoms in total. The number of benzene rings is 2. The highest BCUT2D eigenvalue weighted by molar-refractivity contribution is 7.10. The summed E-state index contributed by atoms with van der Waals surface area (Å²) >= 11 is 7.60. The normalized spacial score (nSPS) is 17.8. The number of hydrogen-bond acceptors (Lipinski definition) is 5. The van der Waals surface area contributed by atoms with Gasteiger partial charge in [0.15, 0.2) is 0 Å². The van der Waals surface area contributed by atoms with Crippen LogP contribution in [0.1, 0.15) is 27.6 Å². The SMILES string of the molecule is COc1ccc(/C(O)=C2/C(=O)C(=O)N(Cc3ccc(F)cc3)C2c2sccc2C)cc1Cl. The van der Waals surface area contributed by atoms with Crippen LogP contribution in [0.2, 0.25) is 5.02 Å². The summed E-state index contributed by atoms with van der Waals surface area (Å²) < 4.78 is 18.5. The summed E-state index contributed by atoms with van der Waals surface area (Å²) in [6, 6.07) is 11.5. The fraction of sp³-hybridized carbons (Fsp3) is 0.167. The number of likely N-dealkylation sites (tertiary alicyclic amines) is 1. The number of amides is 1. The molecule has 1 saturated heterocycles. The summed E-state index contributed by atoms with van der Waals surface area (Å²) in [5, 5.41) is 13.2. The van der Waals surface area contributed by atoms with Crippen molar-refractivity contribution in [2.45, 2.75) is 19.5 Å². The molecule has 1 fully saturated rings. The molecule has 164 valence electrons. The molecule has 1 N–H and O–H groups in total. The predicted molar refractivity (Wildman–Crippen MR) is 121 cm³/mol. The first-order chi connectivity index (χ1) is 15.3. The van der Waals surface area contributed by atoms with Gasteiger partial charge < -0.3 is 14.7 Å². The Morgan fingerprint density at radius 1 is 1.19 bits per heavy atom. The monoisotopic (exact) mass is 471 g/mol. The van der Waals surface area contributed by atoms with Crippen molar-refractivity contribution in [3.8, 4) is 5.75 Å². The maximum Gasteiger partial charge on any atom is 0.295 e. The number of carbonyl (C=O) groups excluding carboxylic acids is 2. The first-order valence-electron chi connectivity index (χ1n) is 9.72. The summed E-state index contributed by atoms with van der Waals surface area (Å²) in [6.45, 7) is 1.97. The topological polar surface area (TPSA) is 66.8 Å². The summed E-state index contributed by atoms with van der Waals surface area (Å²) in [4.78, 5) is 28.3. The lowest BCUT2D eigenvalue weighted by atomic mass is 9.98. The Morgan fingerprint density at radius 3 is 2.50 bits per heavy atom. The van der Waals surface area contributed by atoms with Gasteiger partial charge in [0, 0.05) is 17.0 Å². The number of Topliss-reactive ketones (excluding diaryl/α,β-unsaturated/α-hetero) is 1. The number of nitrogens with zero attached hydrogens (tertiary/aromatic N) is 1. The average molecular weight is 472 g/mol. The summed E-state index contributed by atoms with van der Waals surface area (Å²) in [7, 11) is 1.47.